The smallest absolute Gasteiger partial charge is 0.265 e. The number of nitrogens with two attached hydrogens (primary N) is 1. The molecule has 6 heteroatoms. The summed E-state index contributed by atoms with van der Waals surface area (Å²) in [5.41, 5.74) is 8.48. The molecule has 0 heterocycles. The predicted molar refractivity (Wildman–Crippen MR) is 84.1 cm³/mol. The molecule has 0 aliphatic heterocycles. The summed E-state index contributed by atoms with van der Waals surface area (Å²) in [6, 6.07) is 10.0. The van der Waals surface area contributed by atoms with Crippen molar-refractivity contribution in [1.82, 2.24) is 0 Å². The van der Waals surface area contributed by atoms with Crippen LogP contribution in [-0.4, -0.2) is 15.5 Å². The van der Waals surface area contributed by atoms with E-state index < -0.39 is 10.0 Å². The normalized spacial score (nSPS) is 11.2. The van der Waals surface area contributed by atoms with Gasteiger partial charge in [-0.05, 0) is 49.2 Å². The first-order valence-electron chi connectivity index (χ1n) is 6.37. The number of ether oxygens (including phenoxy) is 1. The van der Waals surface area contributed by atoms with Crippen LogP contribution in [0.1, 0.15) is 11.1 Å². The second-order valence-corrected chi connectivity index (χ2v) is 6.48. The summed E-state index contributed by atoms with van der Waals surface area (Å²) >= 11 is 0. The number of hydrogen-bond acceptors (Lipinski definition) is 4. The first kappa shape index (κ1) is 15.2. The van der Waals surface area contributed by atoms with Gasteiger partial charge < -0.3 is 10.5 Å². The van der Waals surface area contributed by atoms with Gasteiger partial charge in [0.2, 0.25) is 0 Å². The van der Waals surface area contributed by atoms with E-state index in [4.69, 9.17) is 10.5 Å². The molecular weight excluding hydrogens is 288 g/mol. The van der Waals surface area contributed by atoms with E-state index in [0.717, 1.165) is 11.1 Å². The fourth-order valence-electron chi connectivity index (χ4n) is 1.91. The maximum absolute atomic E-state index is 12.5. The highest BCUT2D eigenvalue weighted by Crippen LogP contribution is 2.27. The summed E-state index contributed by atoms with van der Waals surface area (Å²) in [6.45, 7) is 3.68. The van der Waals surface area contributed by atoms with E-state index in [1.807, 2.05) is 13.8 Å². The molecule has 0 saturated carbocycles. The van der Waals surface area contributed by atoms with Crippen LogP contribution >= 0.6 is 0 Å². The Kier molecular flexibility index (Phi) is 4.09. The largest absolute Gasteiger partial charge is 0.495 e. The van der Waals surface area contributed by atoms with Gasteiger partial charge in [0.05, 0.1) is 12.8 Å². The number of sulfonamides is 1. The lowest BCUT2D eigenvalue weighted by Crippen LogP contribution is -2.14. The van der Waals surface area contributed by atoms with Gasteiger partial charge in [-0.25, -0.2) is 8.42 Å². The van der Waals surface area contributed by atoms with E-state index in [9.17, 15) is 8.42 Å². The third-order valence-electron chi connectivity index (χ3n) is 3.14. The van der Waals surface area contributed by atoms with Crippen LogP contribution in [0.25, 0.3) is 0 Å². The van der Waals surface area contributed by atoms with E-state index >= 15 is 0 Å². The molecule has 3 N–H and O–H groups in total. The summed E-state index contributed by atoms with van der Waals surface area (Å²) in [6.07, 6.45) is 0. The van der Waals surface area contributed by atoms with E-state index in [1.54, 1.807) is 36.4 Å². The Hall–Kier alpha value is -2.21. The first-order chi connectivity index (χ1) is 9.83. The summed E-state index contributed by atoms with van der Waals surface area (Å²) in [4.78, 5) is 0.101. The second-order valence-electron chi connectivity index (χ2n) is 4.83. The van der Waals surface area contributed by atoms with Gasteiger partial charge in [-0.1, -0.05) is 12.1 Å². The van der Waals surface area contributed by atoms with Crippen LogP contribution in [0.5, 0.6) is 5.75 Å². The molecule has 0 aromatic heterocycles. The highest BCUT2D eigenvalue weighted by molar-refractivity contribution is 7.92. The average Bonchev–Trinajstić information content (AvgIpc) is 2.42. The minimum atomic E-state index is -3.74. The standard InChI is InChI=1S/C15H18N2O3S/c1-10-4-7-14(20-3)15(8-10)21(18,19)17-12-6-5-11(2)13(16)9-12/h4-9,17H,16H2,1-3H3. The molecule has 0 aliphatic carbocycles. The Morgan fingerprint density at radius 2 is 1.81 bits per heavy atom. The van der Waals surface area contributed by atoms with E-state index in [-0.39, 0.29) is 4.90 Å². The zero-order valence-electron chi connectivity index (χ0n) is 12.2. The van der Waals surface area contributed by atoms with Crippen LogP contribution in [0.2, 0.25) is 0 Å². The van der Waals surface area contributed by atoms with Crippen molar-refractivity contribution in [2.75, 3.05) is 17.6 Å². The topological polar surface area (TPSA) is 81.4 Å². The molecule has 0 radical (unpaired) electrons. The molecule has 0 aliphatic rings. The van der Waals surface area contributed by atoms with Crippen LogP contribution in [0.15, 0.2) is 41.3 Å². The Bertz CT molecular complexity index is 770. The molecular formula is C15H18N2O3S. The van der Waals surface area contributed by atoms with Crippen molar-refractivity contribution in [3.8, 4) is 5.75 Å². The maximum atomic E-state index is 12.5. The number of benzene rings is 2. The van der Waals surface area contributed by atoms with Crippen LogP contribution in [0.3, 0.4) is 0 Å². The highest BCUT2D eigenvalue weighted by atomic mass is 32.2. The fourth-order valence-corrected chi connectivity index (χ4v) is 3.21. The van der Waals surface area contributed by atoms with Gasteiger partial charge in [0, 0.05) is 5.69 Å². The monoisotopic (exact) mass is 306 g/mol. The van der Waals surface area contributed by atoms with Crippen molar-refractivity contribution in [3.05, 3.63) is 47.5 Å². The first-order valence-corrected chi connectivity index (χ1v) is 7.85. The van der Waals surface area contributed by atoms with Crippen LogP contribution in [0, 0.1) is 13.8 Å². The summed E-state index contributed by atoms with van der Waals surface area (Å²) < 4.78 is 32.6. The molecule has 0 spiro atoms. The van der Waals surface area contributed by atoms with Gasteiger partial charge in [0.1, 0.15) is 10.6 Å². The van der Waals surface area contributed by atoms with Crippen LogP contribution in [-0.2, 0) is 10.0 Å². The van der Waals surface area contributed by atoms with Crippen molar-refractivity contribution >= 4 is 21.4 Å². The molecule has 0 saturated heterocycles. The second kappa shape index (κ2) is 5.65. The Morgan fingerprint density at radius 3 is 2.43 bits per heavy atom. The lowest BCUT2D eigenvalue weighted by atomic mass is 10.2. The molecule has 21 heavy (non-hydrogen) atoms. The molecule has 0 unspecified atom stereocenters. The molecule has 2 aromatic carbocycles. The minimum Gasteiger partial charge on any atom is -0.495 e. The zero-order chi connectivity index (χ0) is 15.6. The number of aryl methyl sites for hydroxylation is 2. The Morgan fingerprint density at radius 1 is 1.10 bits per heavy atom. The molecule has 0 amide bonds. The summed E-state index contributed by atoms with van der Waals surface area (Å²) in [5.74, 6) is 0.299. The maximum Gasteiger partial charge on any atom is 0.265 e. The van der Waals surface area contributed by atoms with Crippen molar-refractivity contribution in [1.29, 1.82) is 0 Å². The van der Waals surface area contributed by atoms with Crippen LogP contribution in [0.4, 0.5) is 11.4 Å². The number of anilines is 2. The molecule has 2 rings (SSSR count). The van der Waals surface area contributed by atoms with Gasteiger partial charge in [-0.3, -0.25) is 4.72 Å². The predicted octanol–water partition coefficient (Wildman–Crippen LogP) is 2.70. The molecule has 0 atom stereocenters. The molecule has 2 aromatic rings. The van der Waals surface area contributed by atoms with Crippen molar-refractivity contribution in [2.24, 2.45) is 0 Å². The van der Waals surface area contributed by atoms with Crippen molar-refractivity contribution < 1.29 is 13.2 Å². The van der Waals surface area contributed by atoms with E-state index in [2.05, 4.69) is 4.72 Å². The van der Waals surface area contributed by atoms with Gasteiger partial charge in [0.25, 0.3) is 10.0 Å². The Balaban J connectivity index is 2.42. The van der Waals surface area contributed by atoms with Gasteiger partial charge in [-0.15, -0.1) is 0 Å². The lowest BCUT2D eigenvalue weighted by Gasteiger charge is -2.13. The zero-order valence-corrected chi connectivity index (χ0v) is 13.0. The minimum absolute atomic E-state index is 0.101. The quantitative estimate of drug-likeness (QED) is 0.851. The van der Waals surface area contributed by atoms with Crippen molar-refractivity contribution in [2.45, 2.75) is 18.7 Å². The summed E-state index contributed by atoms with van der Waals surface area (Å²) in [7, 11) is -2.30. The summed E-state index contributed by atoms with van der Waals surface area (Å²) in [5, 5.41) is 0. The molecule has 5 nitrogen and oxygen atoms in total. The number of rotatable bonds is 4. The van der Waals surface area contributed by atoms with Gasteiger partial charge >= 0.3 is 0 Å². The number of nitrogen functional groups attached to an aromatic ring is 1. The molecule has 112 valence electrons. The average molecular weight is 306 g/mol. The third kappa shape index (κ3) is 3.28. The van der Waals surface area contributed by atoms with Gasteiger partial charge in [-0.2, -0.15) is 0 Å². The van der Waals surface area contributed by atoms with E-state index in [0.29, 0.717) is 17.1 Å². The number of nitrogens with one attached hydrogen (secondary N) is 1. The lowest BCUT2D eigenvalue weighted by molar-refractivity contribution is 0.402. The Labute approximate surface area is 124 Å². The third-order valence-corrected chi connectivity index (χ3v) is 4.54. The van der Waals surface area contributed by atoms with Crippen molar-refractivity contribution in [3.63, 3.8) is 0 Å². The molecule has 0 bridgehead atoms. The van der Waals surface area contributed by atoms with E-state index in [1.165, 1.54) is 7.11 Å². The van der Waals surface area contributed by atoms with Crippen LogP contribution < -0.4 is 15.2 Å². The number of hydrogen-bond donors (Lipinski definition) is 2. The molecule has 0 fully saturated rings. The highest BCUT2D eigenvalue weighted by Gasteiger charge is 2.20. The fraction of sp³-hybridized carbons (Fsp3) is 0.200. The SMILES string of the molecule is COc1ccc(C)cc1S(=O)(=O)Nc1ccc(C)c(N)c1. The van der Waals surface area contributed by atoms with Gasteiger partial charge in [0.15, 0.2) is 0 Å². The number of methoxy groups -OCH3 is 1.